The maximum absolute atomic E-state index is 12.4. The van der Waals surface area contributed by atoms with E-state index >= 15 is 0 Å². The van der Waals surface area contributed by atoms with Crippen LogP contribution in [0.4, 0.5) is 0 Å². The molecule has 2 aromatic rings. The second-order valence-corrected chi connectivity index (χ2v) is 4.83. The topological polar surface area (TPSA) is 69.7 Å². The highest BCUT2D eigenvalue weighted by Gasteiger charge is 2.28. The van der Waals surface area contributed by atoms with Gasteiger partial charge >= 0.3 is 11.9 Å². The van der Waals surface area contributed by atoms with Gasteiger partial charge in [0.05, 0.1) is 25.3 Å². The van der Waals surface area contributed by atoms with E-state index in [0.717, 1.165) is 0 Å². The molecule has 0 aliphatic heterocycles. The van der Waals surface area contributed by atoms with Gasteiger partial charge in [0.25, 0.3) is 0 Å². The van der Waals surface area contributed by atoms with Crippen molar-refractivity contribution in [2.45, 2.75) is 0 Å². The number of ketones is 1. The molecule has 0 saturated heterocycles. The minimum atomic E-state index is -0.498. The summed E-state index contributed by atoms with van der Waals surface area (Å²) >= 11 is 0. The molecule has 0 amide bonds. The van der Waals surface area contributed by atoms with E-state index in [1.165, 1.54) is 20.3 Å². The number of benzene rings is 2. The first-order valence-corrected chi connectivity index (χ1v) is 6.56. The average Bonchev–Trinajstić information content (AvgIpc) is 2.85. The Morgan fingerprint density at radius 1 is 0.727 bits per heavy atom. The molecule has 1 aliphatic rings. The lowest BCUT2D eigenvalue weighted by molar-refractivity contribution is 0.0592. The Hall–Kier alpha value is -2.95. The van der Waals surface area contributed by atoms with Gasteiger partial charge in [0.15, 0.2) is 5.78 Å². The van der Waals surface area contributed by atoms with Gasteiger partial charge in [-0.05, 0) is 41.5 Å². The van der Waals surface area contributed by atoms with Gasteiger partial charge < -0.3 is 9.47 Å². The first-order chi connectivity index (χ1) is 10.6. The summed E-state index contributed by atoms with van der Waals surface area (Å²) in [5.41, 5.74) is 2.98. The zero-order valence-corrected chi connectivity index (χ0v) is 12.0. The molecule has 5 nitrogen and oxygen atoms in total. The van der Waals surface area contributed by atoms with Crippen LogP contribution in [-0.2, 0) is 9.47 Å². The van der Waals surface area contributed by atoms with Crippen LogP contribution in [-0.4, -0.2) is 31.9 Å². The van der Waals surface area contributed by atoms with Crippen molar-refractivity contribution < 1.29 is 23.9 Å². The number of hydrogen-bond donors (Lipinski definition) is 0. The van der Waals surface area contributed by atoms with Crippen LogP contribution in [0.5, 0.6) is 0 Å². The predicted octanol–water partition coefficient (Wildman–Crippen LogP) is 2.47. The number of methoxy groups -OCH3 is 2. The Morgan fingerprint density at radius 2 is 1.23 bits per heavy atom. The van der Waals surface area contributed by atoms with Crippen molar-refractivity contribution in [3.05, 3.63) is 58.7 Å². The summed E-state index contributed by atoms with van der Waals surface area (Å²) in [5.74, 6) is -1.14. The summed E-state index contributed by atoms with van der Waals surface area (Å²) in [5, 5.41) is 0. The van der Waals surface area contributed by atoms with Crippen molar-refractivity contribution in [2.75, 3.05) is 14.2 Å². The van der Waals surface area contributed by atoms with Gasteiger partial charge in [0.2, 0.25) is 0 Å². The average molecular weight is 296 g/mol. The normalized spacial score (nSPS) is 11.6. The molecule has 0 aromatic heterocycles. The fourth-order valence-electron chi connectivity index (χ4n) is 2.57. The van der Waals surface area contributed by atoms with Crippen LogP contribution in [0.2, 0.25) is 0 Å². The molecule has 0 spiro atoms. The SMILES string of the molecule is COC(=O)c1ccc2c(c1)C(=O)c1ccc(C(=O)OC)cc1-2. The Morgan fingerprint density at radius 3 is 1.77 bits per heavy atom. The number of fused-ring (bicyclic) bond motifs is 3. The molecule has 0 unspecified atom stereocenters. The van der Waals surface area contributed by atoms with E-state index in [2.05, 4.69) is 4.74 Å². The van der Waals surface area contributed by atoms with Crippen LogP contribution in [0.15, 0.2) is 36.4 Å². The maximum Gasteiger partial charge on any atom is 0.337 e. The van der Waals surface area contributed by atoms with Crippen molar-refractivity contribution in [2.24, 2.45) is 0 Å². The Bertz CT molecular complexity index is 820. The molecule has 110 valence electrons. The molecule has 0 atom stereocenters. The molecule has 0 radical (unpaired) electrons. The van der Waals surface area contributed by atoms with Crippen molar-refractivity contribution in [1.29, 1.82) is 0 Å². The summed E-state index contributed by atoms with van der Waals surface area (Å²) in [7, 11) is 2.59. The Kier molecular flexibility index (Phi) is 3.25. The van der Waals surface area contributed by atoms with Gasteiger partial charge in [-0.1, -0.05) is 6.07 Å². The second kappa shape index (κ2) is 5.11. The predicted molar refractivity (Wildman–Crippen MR) is 78.0 cm³/mol. The van der Waals surface area contributed by atoms with Gasteiger partial charge in [-0.25, -0.2) is 9.59 Å². The molecule has 0 fully saturated rings. The van der Waals surface area contributed by atoms with Crippen molar-refractivity contribution in [1.82, 2.24) is 0 Å². The highest BCUT2D eigenvalue weighted by molar-refractivity contribution is 6.22. The summed E-state index contributed by atoms with van der Waals surface area (Å²) in [6.45, 7) is 0. The molecule has 0 heterocycles. The second-order valence-electron chi connectivity index (χ2n) is 4.83. The zero-order valence-electron chi connectivity index (χ0n) is 12.0. The summed E-state index contributed by atoms with van der Waals surface area (Å²) in [6, 6.07) is 9.58. The number of hydrogen-bond acceptors (Lipinski definition) is 5. The van der Waals surface area contributed by atoms with Gasteiger partial charge in [-0.2, -0.15) is 0 Å². The first kappa shape index (κ1) is 14.0. The van der Waals surface area contributed by atoms with Crippen molar-refractivity contribution in [3.8, 4) is 11.1 Å². The monoisotopic (exact) mass is 296 g/mol. The third-order valence-corrected chi connectivity index (χ3v) is 3.66. The number of carbonyl (C=O) groups is 3. The number of rotatable bonds is 2. The quantitative estimate of drug-likeness (QED) is 0.679. The van der Waals surface area contributed by atoms with E-state index in [1.54, 1.807) is 30.3 Å². The Balaban J connectivity index is 2.14. The fraction of sp³-hybridized carbons (Fsp3) is 0.118. The fourth-order valence-corrected chi connectivity index (χ4v) is 2.57. The molecule has 5 heteroatoms. The summed E-state index contributed by atoms with van der Waals surface area (Å²) in [4.78, 5) is 35.6. The van der Waals surface area contributed by atoms with Crippen LogP contribution >= 0.6 is 0 Å². The minimum absolute atomic E-state index is 0.174. The van der Waals surface area contributed by atoms with Crippen LogP contribution < -0.4 is 0 Å². The van der Waals surface area contributed by atoms with Gasteiger partial charge in [-0.3, -0.25) is 4.79 Å². The number of carbonyl (C=O) groups excluding carboxylic acids is 3. The molecule has 0 N–H and O–H groups in total. The van der Waals surface area contributed by atoms with E-state index in [0.29, 0.717) is 33.4 Å². The zero-order chi connectivity index (χ0) is 15.9. The van der Waals surface area contributed by atoms with E-state index in [-0.39, 0.29) is 5.78 Å². The maximum atomic E-state index is 12.4. The summed E-state index contributed by atoms with van der Waals surface area (Å²) < 4.78 is 9.35. The summed E-state index contributed by atoms with van der Waals surface area (Å²) in [6.07, 6.45) is 0. The van der Waals surface area contributed by atoms with Gasteiger partial charge in [0, 0.05) is 11.1 Å². The molecule has 22 heavy (non-hydrogen) atoms. The molecular weight excluding hydrogens is 284 g/mol. The van der Waals surface area contributed by atoms with Crippen molar-refractivity contribution >= 4 is 17.7 Å². The largest absolute Gasteiger partial charge is 0.465 e. The lowest BCUT2D eigenvalue weighted by Gasteiger charge is -2.04. The third-order valence-electron chi connectivity index (χ3n) is 3.66. The van der Waals surface area contributed by atoms with E-state index in [1.807, 2.05) is 0 Å². The van der Waals surface area contributed by atoms with Crippen LogP contribution in [0.3, 0.4) is 0 Å². The third kappa shape index (κ3) is 1.98. The minimum Gasteiger partial charge on any atom is -0.465 e. The Labute approximate surface area is 126 Å². The first-order valence-electron chi connectivity index (χ1n) is 6.56. The highest BCUT2D eigenvalue weighted by atomic mass is 16.5. The standard InChI is InChI=1S/C17H12O5/c1-21-16(19)9-4-6-12-13(7-9)11-5-3-10(17(20)22-2)8-14(11)15(12)18/h3-8H,1-2H3. The molecule has 1 aliphatic carbocycles. The lowest BCUT2D eigenvalue weighted by Crippen LogP contribution is -2.03. The van der Waals surface area contributed by atoms with Crippen molar-refractivity contribution in [3.63, 3.8) is 0 Å². The smallest absolute Gasteiger partial charge is 0.337 e. The number of esters is 2. The van der Waals surface area contributed by atoms with Crippen LogP contribution in [0.25, 0.3) is 11.1 Å². The van der Waals surface area contributed by atoms with Gasteiger partial charge in [0.1, 0.15) is 0 Å². The molecule has 3 rings (SSSR count). The number of ether oxygens (including phenoxy) is 2. The lowest BCUT2D eigenvalue weighted by atomic mass is 10.0. The highest BCUT2D eigenvalue weighted by Crippen LogP contribution is 2.37. The van der Waals surface area contributed by atoms with E-state index in [4.69, 9.17) is 4.74 Å². The molecular formula is C17H12O5. The van der Waals surface area contributed by atoms with Crippen LogP contribution in [0, 0.1) is 0 Å². The molecule has 0 saturated carbocycles. The van der Waals surface area contributed by atoms with Crippen LogP contribution in [0.1, 0.15) is 36.6 Å². The van der Waals surface area contributed by atoms with Gasteiger partial charge in [-0.15, -0.1) is 0 Å². The van der Waals surface area contributed by atoms with E-state index < -0.39 is 11.9 Å². The molecule has 2 aromatic carbocycles. The van der Waals surface area contributed by atoms with E-state index in [9.17, 15) is 14.4 Å². The molecule has 0 bridgehead atoms.